The summed E-state index contributed by atoms with van der Waals surface area (Å²) < 4.78 is 5.57. The van der Waals surface area contributed by atoms with E-state index in [1.807, 2.05) is 13.0 Å². The molecule has 0 spiro atoms. The fourth-order valence-corrected chi connectivity index (χ4v) is 2.77. The van der Waals surface area contributed by atoms with Gasteiger partial charge in [-0.05, 0) is 35.6 Å². The third-order valence-corrected chi connectivity index (χ3v) is 3.43. The Morgan fingerprint density at radius 2 is 2.36 bits per heavy atom. The molecule has 0 saturated heterocycles. The Hall–Kier alpha value is -0.100. The van der Waals surface area contributed by atoms with Crippen molar-refractivity contribution in [2.24, 2.45) is 0 Å². The van der Waals surface area contributed by atoms with Gasteiger partial charge in [-0.3, -0.25) is 0 Å². The molecule has 0 unspecified atom stereocenters. The van der Waals surface area contributed by atoms with E-state index in [0.717, 1.165) is 8.45 Å². The number of esters is 1. The van der Waals surface area contributed by atoms with Crippen molar-refractivity contribution in [3.05, 3.63) is 19.4 Å². The molecule has 0 fully saturated rings. The van der Waals surface area contributed by atoms with Gasteiger partial charge in [0.05, 0.1) is 7.11 Å². The lowest BCUT2D eigenvalue weighted by atomic mass is 10.4. The van der Waals surface area contributed by atoms with Crippen LogP contribution >= 0.6 is 33.9 Å². The third-order valence-electron chi connectivity index (χ3n) is 1.18. The molecule has 0 aromatic carbocycles. The minimum atomic E-state index is -0.243. The zero-order valence-electron chi connectivity index (χ0n) is 6.18. The van der Waals surface area contributed by atoms with Crippen LogP contribution in [0.15, 0.2) is 6.07 Å². The van der Waals surface area contributed by atoms with Crippen molar-refractivity contribution >= 4 is 39.9 Å². The lowest BCUT2D eigenvalue weighted by Crippen LogP contribution is -1.99. The molecule has 11 heavy (non-hydrogen) atoms. The second-order valence-corrected chi connectivity index (χ2v) is 4.44. The number of aryl methyl sites for hydroxylation is 1. The van der Waals surface area contributed by atoms with Crippen LogP contribution in [0, 0.1) is 10.5 Å². The first-order chi connectivity index (χ1) is 5.15. The Labute approximate surface area is 82.7 Å². The van der Waals surface area contributed by atoms with E-state index in [1.54, 1.807) is 0 Å². The van der Waals surface area contributed by atoms with Crippen LogP contribution in [0.25, 0.3) is 0 Å². The largest absolute Gasteiger partial charge is 0.465 e. The molecular formula is C7H7IO2S. The average Bonchev–Trinajstić information content (AvgIpc) is 2.28. The van der Waals surface area contributed by atoms with Crippen LogP contribution in [0.2, 0.25) is 0 Å². The van der Waals surface area contributed by atoms with Gasteiger partial charge in [0.2, 0.25) is 0 Å². The number of hydrogen-bond donors (Lipinski definition) is 0. The predicted octanol–water partition coefficient (Wildman–Crippen LogP) is 2.45. The zero-order chi connectivity index (χ0) is 8.43. The van der Waals surface area contributed by atoms with Gasteiger partial charge in [-0.25, -0.2) is 4.79 Å². The minimum Gasteiger partial charge on any atom is -0.465 e. The van der Waals surface area contributed by atoms with Gasteiger partial charge >= 0.3 is 5.97 Å². The fourth-order valence-electron chi connectivity index (χ4n) is 0.715. The minimum absolute atomic E-state index is 0.243. The molecule has 0 radical (unpaired) electrons. The maximum atomic E-state index is 11.0. The van der Waals surface area contributed by atoms with Gasteiger partial charge in [-0.2, -0.15) is 0 Å². The van der Waals surface area contributed by atoms with Crippen molar-refractivity contribution in [3.63, 3.8) is 0 Å². The highest BCUT2D eigenvalue weighted by Gasteiger charge is 2.12. The number of hydrogen-bond acceptors (Lipinski definition) is 3. The number of ether oxygens (including phenoxy) is 1. The standard InChI is InChI=1S/C7H7IO2S/c1-4-3-5(8)6(11-4)7(9)10-2/h3H,1-2H3. The monoisotopic (exact) mass is 282 g/mol. The molecule has 0 amide bonds. The van der Waals surface area contributed by atoms with Crippen LogP contribution in [-0.4, -0.2) is 13.1 Å². The second kappa shape index (κ2) is 3.53. The first kappa shape index (κ1) is 8.99. The number of thiophene rings is 1. The summed E-state index contributed by atoms with van der Waals surface area (Å²) in [6.07, 6.45) is 0. The summed E-state index contributed by atoms with van der Waals surface area (Å²) in [6.45, 7) is 1.97. The van der Waals surface area contributed by atoms with E-state index in [4.69, 9.17) is 0 Å². The molecule has 1 aromatic rings. The molecule has 1 heterocycles. The highest BCUT2D eigenvalue weighted by Crippen LogP contribution is 2.23. The summed E-state index contributed by atoms with van der Waals surface area (Å²) in [5, 5.41) is 0. The Bertz CT molecular complexity index is 280. The maximum absolute atomic E-state index is 11.0. The molecule has 1 rings (SSSR count). The molecule has 0 saturated carbocycles. The summed E-state index contributed by atoms with van der Waals surface area (Å²) in [5.74, 6) is -0.243. The lowest BCUT2D eigenvalue weighted by Gasteiger charge is -1.93. The van der Waals surface area contributed by atoms with Crippen LogP contribution in [0.5, 0.6) is 0 Å². The quantitative estimate of drug-likeness (QED) is 0.584. The van der Waals surface area contributed by atoms with Crippen LogP contribution in [0.3, 0.4) is 0 Å². The maximum Gasteiger partial charge on any atom is 0.349 e. The summed E-state index contributed by atoms with van der Waals surface area (Å²) in [7, 11) is 1.40. The van der Waals surface area contributed by atoms with Crippen LogP contribution in [-0.2, 0) is 4.74 Å². The van der Waals surface area contributed by atoms with Crippen LogP contribution < -0.4 is 0 Å². The number of carbonyl (C=O) groups is 1. The van der Waals surface area contributed by atoms with E-state index in [-0.39, 0.29) is 5.97 Å². The molecule has 0 aliphatic heterocycles. The Balaban J connectivity index is 3.03. The van der Waals surface area contributed by atoms with E-state index in [2.05, 4.69) is 27.3 Å². The number of carbonyl (C=O) groups excluding carboxylic acids is 1. The highest BCUT2D eigenvalue weighted by atomic mass is 127. The van der Waals surface area contributed by atoms with E-state index < -0.39 is 0 Å². The van der Waals surface area contributed by atoms with Crippen LogP contribution in [0.4, 0.5) is 0 Å². The smallest absolute Gasteiger partial charge is 0.349 e. The molecular weight excluding hydrogens is 275 g/mol. The number of methoxy groups -OCH3 is 1. The summed E-state index contributed by atoms with van der Waals surface area (Å²) in [6, 6.07) is 1.97. The normalized spacial score (nSPS) is 9.73. The topological polar surface area (TPSA) is 26.3 Å². The molecule has 0 N–H and O–H groups in total. The van der Waals surface area contributed by atoms with Crippen LogP contribution in [0.1, 0.15) is 14.5 Å². The van der Waals surface area contributed by atoms with E-state index in [0.29, 0.717) is 4.88 Å². The molecule has 4 heteroatoms. The molecule has 0 aliphatic carbocycles. The highest BCUT2D eigenvalue weighted by molar-refractivity contribution is 14.1. The Kier molecular flexibility index (Phi) is 2.89. The van der Waals surface area contributed by atoms with Gasteiger partial charge in [0.25, 0.3) is 0 Å². The van der Waals surface area contributed by atoms with E-state index in [1.165, 1.54) is 18.4 Å². The van der Waals surface area contributed by atoms with Crippen molar-refractivity contribution in [1.82, 2.24) is 0 Å². The Morgan fingerprint density at radius 3 is 2.73 bits per heavy atom. The third kappa shape index (κ3) is 1.93. The van der Waals surface area contributed by atoms with Crippen molar-refractivity contribution < 1.29 is 9.53 Å². The van der Waals surface area contributed by atoms with Gasteiger partial charge in [0.1, 0.15) is 4.88 Å². The number of rotatable bonds is 1. The van der Waals surface area contributed by atoms with Crippen molar-refractivity contribution in [1.29, 1.82) is 0 Å². The molecule has 60 valence electrons. The van der Waals surface area contributed by atoms with Crippen molar-refractivity contribution in [2.45, 2.75) is 6.92 Å². The van der Waals surface area contributed by atoms with Gasteiger partial charge < -0.3 is 4.74 Å². The molecule has 1 aromatic heterocycles. The fraction of sp³-hybridized carbons (Fsp3) is 0.286. The molecule has 0 atom stereocenters. The average molecular weight is 282 g/mol. The first-order valence-electron chi connectivity index (χ1n) is 2.99. The van der Waals surface area contributed by atoms with Gasteiger partial charge in [0.15, 0.2) is 0 Å². The summed E-state index contributed by atoms with van der Waals surface area (Å²) >= 11 is 3.59. The molecule has 0 aliphatic rings. The van der Waals surface area contributed by atoms with Crippen molar-refractivity contribution in [2.75, 3.05) is 7.11 Å². The summed E-state index contributed by atoms with van der Waals surface area (Å²) in [4.78, 5) is 12.9. The van der Waals surface area contributed by atoms with Gasteiger partial charge in [0, 0.05) is 8.45 Å². The predicted molar refractivity (Wildman–Crippen MR) is 53.1 cm³/mol. The van der Waals surface area contributed by atoms with Gasteiger partial charge in [-0.15, -0.1) is 11.3 Å². The van der Waals surface area contributed by atoms with Crippen molar-refractivity contribution in [3.8, 4) is 0 Å². The summed E-state index contributed by atoms with van der Waals surface area (Å²) in [5.41, 5.74) is 0. The first-order valence-corrected chi connectivity index (χ1v) is 4.89. The molecule has 2 nitrogen and oxygen atoms in total. The Morgan fingerprint density at radius 1 is 1.73 bits per heavy atom. The SMILES string of the molecule is COC(=O)c1sc(C)cc1I. The second-order valence-electron chi connectivity index (χ2n) is 2.03. The van der Waals surface area contributed by atoms with E-state index in [9.17, 15) is 4.79 Å². The lowest BCUT2D eigenvalue weighted by molar-refractivity contribution is 0.0605. The zero-order valence-corrected chi connectivity index (χ0v) is 9.15. The van der Waals surface area contributed by atoms with Gasteiger partial charge in [-0.1, -0.05) is 0 Å². The number of halogens is 1. The van der Waals surface area contributed by atoms with E-state index >= 15 is 0 Å². The molecule has 0 bridgehead atoms.